The molecule has 0 saturated carbocycles. The Bertz CT molecular complexity index is 1340. The summed E-state index contributed by atoms with van der Waals surface area (Å²) in [5, 5.41) is 10.8. The Labute approximate surface area is 177 Å². The minimum atomic E-state index is -0.703. The molecular formula is C21H24N4O6. The normalized spacial score (nSPS) is 11.4. The highest BCUT2D eigenvalue weighted by molar-refractivity contribution is 6.12. The van der Waals surface area contributed by atoms with Gasteiger partial charge >= 0.3 is 11.7 Å². The van der Waals surface area contributed by atoms with Crippen LogP contribution in [0.3, 0.4) is 0 Å². The van der Waals surface area contributed by atoms with Gasteiger partial charge in [-0.1, -0.05) is 0 Å². The summed E-state index contributed by atoms with van der Waals surface area (Å²) in [7, 11) is 5.93. The molecule has 10 heteroatoms. The Balaban J connectivity index is 2.36. The summed E-state index contributed by atoms with van der Waals surface area (Å²) < 4.78 is 14.3. The average Bonchev–Trinajstić information content (AvgIpc) is 3.01. The van der Waals surface area contributed by atoms with Crippen LogP contribution < -0.4 is 16.0 Å². The van der Waals surface area contributed by atoms with Gasteiger partial charge in [0.1, 0.15) is 17.0 Å². The molecule has 1 aromatic carbocycles. The first kappa shape index (κ1) is 21.9. The topological polar surface area (TPSA) is 117 Å². The van der Waals surface area contributed by atoms with Gasteiger partial charge in [-0.15, -0.1) is 0 Å². The molecule has 0 saturated heterocycles. The first-order chi connectivity index (χ1) is 14.6. The number of hydrogen-bond acceptors (Lipinski definition) is 7. The van der Waals surface area contributed by atoms with E-state index in [1.807, 2.05) is 11.6 Å². The summed E-state index contributed by atoms with van der Waals surface area (Å²) in [6, 6.07) is 3.49. The quantitative estimate of drug-likeness (QED) is 0.487. The highest BCUT2D eigenvalue weighted by atomic mass is 16.5. The third kappa shape index (κ3) is 3.39. The standard InChI is InChI=1S/C21H24N4O6/c1-7-31-20(28)15-11(2)23(3)13-8-9-14(30-6)17(16(13)15)22-10-12-18(26)24(4)21(29)25(5)19(12)27/h8-10,26H,7H2,1-6H3. The molecule has 0 aliphatic heterocycles. The highest BCUT2D eigenvalue weighted by Gasteiger charge is 2.24. The Hall–Kier alpha value is -3.82. The van der Waals surface area contributed by atoms with Crippen LogP contribution in [-0.4, -0.2) is 44.7 Å². The first-order valence-corrected chi connectivity index (χ1v) is 9.51. The predicted octanol–water partition coefficient (Wildman–Crippen LogP) is 1.53. The number of rotatable bonds is 5. The molecule has 0 aliphatic carbocycles. The van der Waals surface area contributed by atoms with Crippen molar-refractivity contribution in [2.75, 3.05) is 13.7 Å². The van der Waals surface area contributed by atoms with E-state index in [-0.39, 0.29) is 12.2 Å². The van der Waals surface area contributed by atoms with Crippen molar-refractivity contribution in [3.63, 3.8) is 0 Å². The fraction of sp³-hybridized carbons (Fsp3) is 0.333. The van der Waals surface area contributed by atoms with Crippen LogP contribution in [0, 0.1) is 6.92 Å². The van der Waals surface area contributed by atoms with Gasteiger partial charge in [0.15, 0.2) is 0 Å². The van der Waals surface area contributed by atoms with Crippen LogP contribution >= 0.6 is 0 Å². The number of esters is 1. The molecule has 2 aromatic heterocycles. The lowest BCUT2D eigenvalue weighted by Crippen LogP contribution is -2.38. The summed E-state index contributed by atoms with van der Waals surface area (Å²) >= 11 is 0. The lowest BCUT2D eigenvalue weighted by Gasteiger charge is -2.09. The van der Waals surface area contributed by atoms with Crippen LogP contribution in [0.15, 0.2) is 26.7 Å². The Kier molecular flexibility index (Phi) is 5.74. The highest BCUT2D eigenvalue weighted by Crippen LogP contribution is 2.40. The van der Waals surface area contributed by atoms with E-state index in [4.69, 9.17) is 9.47 Å². The molecule has 0 unspecified atom stereocenters. The Morgan fingerprint density at radius 2 is 1.84 bits per heavy atom. The molecule has 164 valence electrons. The van der Waals surface area contributed by atoms with E-state index in [9.17, 15) is 19.5 Å². The van der Waals surface area contributed by atoms with Crippen LogP contribution in [0.4, 0.5) is 5.69 Å². The number of methoxy groups -OCH3 is 1. The van der Waals surface area contributed by atoms with Crippen LogP contribution in [0.1, 0.15) is 28.5 Å². The summed E-state index contributed by atoms with van der Waals surface area (Å²) in [5.74, 6) is -0.657. The average molecular weight is 428 g/mol. The van der Waals surface area contributed by atoms with Gasteiger partial charge in [0.05, 0.1) is 24.8 Å². The lowest BCUT2D eigenvalue weighted by atomic mass is 10.1. The maximum absolute atomic E-state index is 12.7. The van der Waals surface area contributed by atoms with Crippen LogP contribution in [0.25, 0.3) is 10.9 Å². The Morgan fingerprint density at radius 3 is 2.45 bits per heavy atom. The molecule has 0 fully saturated rings. The van der Waals surface area contributed by atoms with Gasteiger partial charge in [0.25, 0.3) is 5.56 Å². The third-order valence-electron chi connectivity index (χ3n) is 5.28. The van der Waals surface area contributed by atoms with E-state index in [1.54, 1.807) is 26.0 Å². The number of nitrogens with zero attached hydrogens (tertiary/aromatic N) is 4. The number of fused-ring (bicyclic) bond motifs is 1. The maximum Gasteiger partial charge on any atom is 0.340 e. The van der Waals surface area contributed by atoms with Crippen LogP contribution in [0.2, 0.25) is 0 Å². The fourth-order valence-electron chi connectivity index (χ4n) is 3.46. The van der Waals surface area contributed by atoms with Gasteiger partial charge in [-0.2, -0.15) is 0 Å². The minimum absolute atomic E-state index is 0.172. The molecule has 3 rings (SSSR count). The van der Waals surface area contributed by atoms with Crippen molar-refractivity contribution < 1.29 is 19.4 Å². The molecule has 0 atom stereocenters. The zero-order valence-electron chi connectivity index (χ0n) is 18.2. The molecule has 10 nitrogen and oxygen atoms in total. The monoisotopic (exact) mass is 428 g/mol. The number of hydrogen-bond donors (Lipinski definition) is 1. The van der Waals surface area contributed by atoms with Crippen molar-refractivity contribution in [1.29, 1.82) is 0 Å². The Morgan fingerprint density at radius 1 is 1.16 bits per heavy atom. The molecule has 31 heavy (non-hydrogen) atoms. The predicted molar refractivity (Wildman–Crippen MR) is 116 cm³/mol. The van der Waals surface area contributed by atoms with Gasteiger partial charge in [-0.3, -0.25) is 18.9 Å². The lowest BCUT2D eigenvalue weighted by molar-refractivity contribution is 0.0527. The first-order valence-electron chi connectivity index (χ1n) is 9.51. The zero-order valence-corrected chi connectivity index (χ0v) is 18.2. The number of benzene rings is 1. The van der Waals surface area contributed by atoms with E-state index in [0.29, 0.717) is 33.6 Å². The van der Waals surface area contributed by atoms with Crippen molar-refractivity contribution in [2.45, 2.75) is 13.8 Å². The summed E-state index contributed by atoms with van der Waals surface area (Å²) in [4.78, 5) is 41.6. The summed E-state index contributed by atoms with van der Waals surface area (Å²) in [6.45, 7) is 3.72. The zero-order chi connectivity index (χ0) is 23.0. The van der Waals surface area contributed by atoms with Gasteiger partial charge in [-0.25, -0.2) is 9.59 Å². The number of carbonyl (C=O) groups excluding carboxylic acids is 1. The number of carbonyl (C=O) groups is 1. The summed E-state index contributed by atoms with van der Waals surface area (Å²) in [6.07, 6.45) is 1.16. The number of aryl methyl sites for hydroxylation is 1. The molecule has 0 spiro atoms. The van der Waals surface area contributed by atoms with Crippen molar-refractivity contribution in [3.8, 4) is 11.6 Å². The van der Waals surface area contributed by atoms with Crippen molar-refractivity contribution >= 4 is 28.8 Å². The second-order valence-corrected chi connectivity index (χ2v) is 6.95. The largest absolute Gasteiger partial charge is 0.494 e. The second kappa shape index (κ2) is 8.13. The molecule has 0 radical (unpaired) electrons. The number of aromatic nitrogens is 3. The third-order valence-corrected chi connectivity index (χ3v) is 5.28. The number of aromatic hydroxyl groups is 1. The van der Waals surface area contributed by atoms with Crippen molar-refractivity contribution in [3.05, 3.63) is 49.8 Å². The molecule has 0 amide bonds. The van der Waals surface area contributed by atoms with Gasteiger partial charge in [0.2, 0.25) is 5.88 Å². The number of aliphatic imine (C=N–C) groups is 1. The molecule has 2 heterocycles. The van der Waals surface area contributed by atoms with Crippen LogP contribution in [-0.2, 0) is 25.9 Å². The molecule has 0 bridgehead atoms. The van der Waals surface area contributed by atoms with E-state index in [0.717, 1.165) is 15.3 Å². The SMILES string of the molecule is CCOC(=O)c1c(C)n(C)c2ccc(OC)c(N=Cc3c(O)n(C)c(=O)n(C)c3=O)c12. The summed E-state index contributed by atoms with van der Waals surface area (Å²) in [5.41, 5.74) is 0.483. The van der Waals surface area contributed by atoms with Gasteiger partial charge in [0, 0.05) is 38.4 Å². The number of ether oxygens (including phenoxy) is 2. The molecule has 1 N–H and O–H groups in total. The molecule has 3 aromatic rings. The van der Waals surface area contributed by atoms with Crippen molar-refractivity contribution in [2.24, 2.45) is 26.1 Å². The van der Waals surface area contributed by atoms with E-state index in [2.05, 4.69) is 4.99 Å². The van der Waals surface area contributed by atoms with E-state index in [1.165, 1.54) is 21.2 Å². The van der Waals surface area contributed by atoms with Crippen molar-refractivity contribution in [1.82, 2.24) is 13.7 Å². The van der Waals surface area contributed by atoms with Gasteiger partial charge < -0.3 is 19.1 Å². The van der Waals surface area contributed by atoms with Crippen LogP contribution in [0.5, 0.6) is 11.6 Å². The molecule has 0 aliphatic rings. The second-order valence-electron chi connectivity index (χ2n) is 6.95. The van der Waals surface area contributed by atoms with Gasteiger partial charge in [-0.05, 0) is 26.0 Å². The smallest absolute Gasteiger partial charge is 0.340 e. The maximum atomic E-state index is 12.7. The minimum Gasteiger partial charge on any atom is -0.494 e. The molecular weight excluding hydrogens is 404 g/mol. The van der Waals surface area contributed by atoms with E-state index >= 15 is 0 Å². The van der Waals surface area contributed by atoms with E-state index < -0.39 is 23.1 Å². The fourth-order valence-corrected chi connectivity index (χ4v) is 3.46.